The quantitative estimate of drug-likeness (QED) is 0.636. The largest absolute Gasteiger partial charge is 0.494 e. The molecule has 0 unspecified atom stereocenters. The lowest BCUT2D eigenvalue weighted by atomic mass is 10.2. The van der Waals surface area contributed by atoms with E-state index in [-0.39, 0.29) is 5.82 Å². The van der Waals surface area contributed by atoms with E-state index in [1.807, 2.05) is 37.3 Å². The summed E-state index contributed by atoms with van der Waals surface area (Å²) in [6, 6.07) is 14.5. The van der Waals surface area contributed by atoms with Crippen molar-refractivity contribution in [3.8, 4) is 5.75 Å². The van der Waals surface area contributed by atoms with Gasteiger partial charge in [0.15, 0.2) is 5.96 Å². The molecule has 0 bridgehead atoms. The lowest BCUT2D eigenvalue weighted by Gasteiger charge is -2.14. The van der Waals surface area contributed by atoms with Crippen LogP contribution in [0, 0.1) is 5.82 Å². The van der Waals surface area contributed by atoms with Gasteiger partial charge in [-0.3, -0.25) is 4.99 Å². The van der Waals surface area contributed by atoms with Crippen LogP contribution in [0.2, 0.25) is 0 Å². The molecule has 0 heterocycles. The first kappa shape index (κ1) is 16.8. The van der Waals surface area contributed by atoms with Crippen molar-refractivity contribution in [2.75, 3.05) is 13.7 Å². The maximum Gasteiger partial charge on any atom is 0.191 e. The van der Waals surface area contributed by atoms with E-state index in [1.165, 1.54) is 6.07 Å². The van der Waals surface area contributed by atoms with Gasteiger partial charge in [0.05, 0.1) is 6.61 Å². The van der Waals surface area contributed by atoms with E-state index in [4.69, 9.17) is 4.74 Å². The van der Waals surface area contributed by atoms with Crippen molar-refractivity contribution in [3.05, 3.63) is 65.5 Å². The summed E-state index contributed by atoms with van der Waals surface area (Å²) < 4.78 is 19.2. The van der Waals surface area contributed by atoms with Gasteiger partial charge >= 0.3 is 0 Å². The van der Waals surface area contributed by atoms with Crippen LogP contribution in [0.25, 0.3) is 0 Å². The molecule has 0 amide bonds. The fraction of sp³-hybridized carbons (Fsp3) is 0.278. The van der Waals surface area contributed by atoms with Crippen LogP contribution >= 0.6 is 0 Å². The number of ether oxygens (including phenoxy) is 1. The summed E-state index contributed by atoms with van der Waals surface area (Å²) in [6.45, 7) is 3.53. The smallest absolute Gasteiger partial charge is 0.191 e. The molecule has 0 aliphatic heterocycles. The van der Waals surface area contributed by atoms with Gasteiger partial charge < -0.3 is 15.4 Å². The molecule has 4 nitrogen and oxygen atoms in total. The summed E-state index contributed by atoms with van der Waals surface area (Å²) in [6.07, 6.45) is 0. The Balaban J connectivity index is 1.92. The summed E-state index contributed by atoms with van der Waals surface area (Å²) in [5.41, 5.74) is 1.65. The number of guanidine groups is 1. The number of nitrogens with zero attached hydrogens (tertiary/aromatic N) is 1. The molecule has 0 spiro atoms. The fourth-order valence-corrected chi connectivity index (χ4v) is 2.17. The van der Waals surface area contributed by atoms with Gasteiger partial charge in [-0.2, -0.15) is 0 Å². The lowest BCUT2D eigenvalue weighted by molar-refractivity contribution is 0.336. The minimum atomic E-state index is -0.225. The van der Waals surface area contributed by atoms with Crippen molar-refractivity contribution >= 4 is 5.96 Å². The summed E-state index contributed by atoms with van der Waals surface area (Å²) in [5.74, 6) is 1.24. The zero-order valence-electron chi connectivity index (χ0n) is 13.5. The van der Waals surface area contributed by atoms with E-state index < -0.39 is 0 Å². The van der Waals surface area contributed by atoms with Crippen molar-refractivity contribution in [2.45, 2.75) is 20.0 Å². The minimum Gasteiger partial charge on any atom is -0.494 e. The highest BCUT2D eigenvalue weighted by atomic mass is 19.1. The van der Waals surface area contributed by atoms with Crippen molar-refractivity contribution in [1.82, 2.24) is 10.6 Å². The summed E-state index contributed by atoms with van der Waals surface area (Å²) >= 11 is 0. The first-order valence-electron chi connectivity index (χ1n) is 7.63. The SMILES string of the molecule is CCOc1ccccc1CNC(=NC)NCc1ccccc1F. The third kappa shape index (κ3) is 4.98. The number of aliphatic imine (C=N–C) groups is 1. The summed E-state index contributed by atoms with van der Waals surface area (Å²) in [7, 11) is 1.69. The molecular formula is C18H22FN3O. The van der Waals surface area contributed by atoms with Gasteiger partial charge in [0.2, 0.25) is 0 Å². The standard InChI is InChI=1S/C18H22FN3O/c1-3-23-17-11-7-5-9-15(17)13-22-18(20-2)21-12-14-8-4-6-10-16(14)19/h4-11H,3,12-13H2,1-2H3,(H2,20,21,22). The van der Waals surface area contributed by atoms with Gasteiger partial charge in [0.25, 0.3) is 0 Å². The third-order valence-electron chi connectivity index (χ3n) is 3.35. The molecule has 0 atom stereocenters. The van der Waals surface area contributed by atoms with Crippen LogP contribution in [0.5, 0.6) is 5.75 Å². The minimum absolute atomic E-state index is 0.225. The maximum atomic E-state index is 13.6. The Morgan fingerprint density at radius 2 is 1.61 bits per heavy atom. The molecule has 0 radical (unpaired) electrons. The second-order valence-corrected chi connectivity index (χ2v) is 4.91. The van der Waals surface area contributed by atoms with E-state index in [0.717, 1.165) is 11.3 Å². The molecule has 2 N–H and O–H groups in total. The Morgan fingerprint density at radius 3 is 2.26 bits per heavy atom. The molecule has 0 saturated heterocycles. The van der Waals surface area contributed by atoms with Crippen LogP contribution in [0.3, 0.4) is 0 Å². The van der Waals surface area contributed by atoms with Gasteiger partial charge in [-0.15, -0.1) is 0 Å². The Bertz CT molecular complexity index is 658. The molecule has 5 heteroatoms. The number of halogens is 1. The molecule has 0 aliphatic carbocycles. The highest BCUT2D eigenvalue weighted by Gasteiger charge is 2.05. The number of hydrogen-bond donors (Lipinski definition) is 2. The zero-order valence-corrected chi connectivity index (χ0v) is 13.5. The second-order valence-electron chi connectivity index (χ2n) is 4.91. The topological polar surface area (TPSA) is 45.6 Å². The Morgan fingerprint density at radius 1 is 1.00 bits per heavy atom. The maximum absolute atomic E-state index is 13.6. The molecule has 2 aromatic carbocycles. The molecule has 23 heavy (non-hydrogen) atoms. The first-order chi connectivity index (χ1) is 11.2. The Hall–Kier alpha value is -2.56. The molecule has 2 rings (SSSR count). The van der Waals surface area contributed by atoms with Crippen LogP contribution in [0.15, 0.2) is 53.5 Å². The predicted octanol–water partition coefficient (Wildman–Crippen LogP) is 3.09. The Labute approximate surface area is 136 Å². The monoisotopic (exact) mass is 315 g/mol. The number of rotatable bonds is 6. The van der Waals surface area contributed by atoms with Crippen molar-refractivity contribution in [2.24, 2.45) is 4.99 Å². The van der Waals surface area contributed by atoms with Gasteiger partial charge in [0, 0.05) is 31.3 Å². The van der Waals surface area contributed by atoms with E-state index in [1.54, 1.807) is 19.2 Å². The van der Waals surface area contributed by atoms with Crippen LogP contribution in [0.1, 0.15) is 18.1 Å². The average Bonchev–Trinajstić information content (AvgIpc) is 2.58. The summed E-state index contributed by atoms with van der Waals surface area (Å²) in [5, 5.41) is 6.32. The third-order valence-corrected chi connectivity index (χ3v) is 3.35. The average molecular weight is 315 g/mol. The molecule has 2 aromatic rings. The molecule has 0 fully saturated rings. The molecular weight excluding hydrogens is 293 g/mol. The Kier molecular flexibility index (Phi) is 6.41. The van der Waals surface area contributed by atoms with Crippen molar-refractivity contribution in [3.63, 3.8) is 0 Å². The van der Waals surface area contributed by atoms with Gasteiger partial charge in [0.1, 0.15) is 11.6 Å². The van der Waals surface area contributed by atoms with E-state index >= 15 is 0 Å². The van der Waals surface area contributed by atoms with E-state index in [9.17, 15) is 4.39 Å². The summed E-state index contributed by atoms with van der Waals surface area (Å²) in [4.78, 5) is 4.15. The zero-order chi connectivity index (χ0) is 16.5. The molecule has 0 aromatic heterocycles. The van der Waals surface area contributed by atoms with E-state index in [2.05, 4.69) is 15.6 Å². The number of nitrogens with one attached hydrogen (secondary N) is 2. The molecule has 0 saturated carbocycles. The van der Waals surface area contributed by atoms with E-state index in [0.29, 0.717) is 31.2 Å². The van der Waals surface area contributed by atoms with Gasteiger partial charge in [-0.05, 0) is 19.1 Å². The fourth-order valence-electron chi connectivity index (χ4n) is 2.17. The number of para-hydroxylation sites is 1. The number of benzene rings is 2. The van der Waals surface area contributed by atoms with Crippen LogP contribution in [-0.4, -0.2) is 19.6 Å². The van der Waals surface area contributed by atoms with Crippen LogP contribution < -0.4 is 15.4 Å². The predicted molar refractivity (Wildman–Crippen MR) is 91.0 cm³/mol. The van der Waals surface area contributed by atoms with Crippen LogP contribution in [0.4, 0.5) is 4.39 Å². The first-order valence-corrected chi connectivity index (χ1v) is 7.63. The highest BCUT2D eigenvalue weighted by molar-refractivity contribution is 5.79. The van der Waals surface area contributed by atoms with Gasteiger partial charge in [-0.25, -0.2) is 4.39 Å². The van der Waals surface area contributed by atoms with Crippen molar-refractivity contribution in [1.29, 1.82) is 0 Å². The van der Waals surface area contributed by atoms with Gasteiger partial charge in [-0.1, -0.05) is 36.4 Å². The van der Waals surface area contributed by atoms with Crippen LogP contribution in [-0.2, 0) is 13.1 Å². The lowest BCUT2D eigenvalue weighted by Crippen LogP contribution is -2.36. The molecule has 122 valence electrons. The molecule has 0 aliphatic rings. The van der Waals surface area contributed by atoms with Crippen molar-refractivity contribution < 1.29 is 9.13 Å². The number of hydrogen-bond acceptors (Lipinski definition) is 2. The normalized spacial score (nSPS) is 11.2. The highest BCUT2D eigenvalue weighted by Crippen LogP contribution is 2.17. The second kappa shape index (κ2) is 8.78.